The third-order valence-electron chi connectivity index (χ3n) is 5.51. The van der Waals surface area contributed by atoms with Crippen molar-refractivity contribution in [3.8, 4) is 0 Å². The number of aliphatic carboxylic acids is 1. The largest absolute Gasteiger partial charge is 0.480 e. The number of hydrogen-bond donors (Lipinski definition) is 1. The third-order valence-corrected chi connectivity index (χ3v) is 5.51. The minimum Gasteiger partial charge on any atom is -0.480 e. The molecule has 3 nitrogen and oxygen atoms in total. The predicted molar refractivity (Wildman–Crippen MR) is 59.0 cm³/mol. The van der Waals surface area contributed by atoms with Crippen LogP contribution in [0.2, 0.25) is 0 Å². The molecule has 4 saturated carbocycles. The fraction of sp³-hybridized carbons (Fsp3) is 0.923. The molecule has 0 aromatic rings. The number of nitrogens with zero attached hydrogens (tertiary/aromatic N) is 1. The van der Waals surface area contributed by atoms with E-state index in [1.54, 1.807) is 0 Å². The maximum Gasteiger partial charge on any atom is 0.322 e. The summed E-state index contributed by atoms with van der Waals surface area (Å²) in [7, 11) is 0. The van der Waals surface area contributed by atoms with E-state index in [2.05, 4.69) is 4.90 Å². The third kappa shape index (κ3) is 1.15. The molecule has 2 atom stereocenters. The number of carbonyl (C=O) groups is 1. The zero-order valence-corrected chi connectivity index (χ0v) is 9.56. The lowest BCUT2D eigenvalue weighted by Crippen LogP contribution is -2.55. The highest BCUT2D eigenvalue weighted by Crippen LogP contribution is 2.59. The minimum absolute atomic E-state index is 0.142. The van der Waals surface area contributed by atoms with Gasteiger partial charge in [-0.2, -0.15) is 0 Å². The summed E-state index contributed by atoms with van der Waals surface area (Å²) < 4.78 is 0. The molecule has 1 heterocycles. The Morgan fingerprint density at radius 1 is 1.06 bits per heavy atom. The van der Waals surface area contributed by atoms with E-state index in [4.69, 9.17) is 5.11 Å². The van der Waals surface area contributed by atoms with E-state index in [-0.39, 0.29) is 6.04 Å². The van der Waals surface area contributed by atoms with Crippen molar-refractivity contribution in [2.75, 3.05) is 6.54 Å². The predicted octanol–water partition coefficient (Wildman–Crippen LogP) is 1.72. The first-order chi connectivity index (χ1) is 7.66. The van der Waals surface area contributed by atoms with Gasteiger partial charge in [-0.05, 0) is 56.3 Å². The van der Waals surface area contributed by atoms with Crippen molar-refractivity contribution < 1.29 is 9.90 Å². The average molecular weight is 221 g/mol. The molecule has 16 heavy (non-hydrogen) atoms. The minimum atomic E-state index is -0.601. The van der Waals surface area contributed by atoms with Crippen LogP contribution in [0.4, 0.5) is 0 Å². The summed E-state index contributed by atoms with van der Waals surface area (Å²) in [6.07, 6.45) is 8.19. The van der Waals surface area contributed by atoms with Gasteiger partial charge in [0, 0.05) is 12.1 Å². The fourth-order valence-electron chi connectivity index (χ4n) is 5.29. The normalized spacial score (nSPS) is 57.6. The van der Waals surface area contributed by atoms with E-state index in [1.807, 2.05) is 0 Å². The lowest BCUT2D eigenvalue weighted by molar-refractivity contribution is -0.139. The van der Waals surface area contributed by atoms with Crippen LogP contribution in [0.25, 0.3) is 0 Å². The van der Waals surface area contributed by atoms with Gasteiger partial charge in [0.1, 0.15) is 6.04 Å². The molecule has 0 aromatic carbocycles. The first kappa shape index (κ1) is 9.46. The van der Waals surface area contributed by atoms with Crippen LogP contribution in [-0.4, -0.2) is 34.1 Å². The SMILES string of the molecule is O=C(O)C1CN1C12CC3CC(CC(C3)C1)C2. The zero-order valence-electron chi connectivity index (χ0n) is 9.56. The highest BCUT2D eigenvalue weighted by atomic mass is 16.4. The van der Waals surface area contributed by atoms with Gasteiger partial charge in [0.15, 0.2) is 0 Å². The molecule has 3 heteroatoms. The van der Waals surface area contributed by atoms with Crippen molar-refractivity contribution in [3.63, 3.8) is 0 Å². The molecule has 5 fully saturated rings. The molecule has 5 rings (SSSR count). The molecule has 4 aliphatic carbocycles. The average Bonchev–Trinajstić information content (AvgIpc) is 2.94. The van der Waals surface area contributed by atoms with Gasteiger partial charge in [0.05, 0.1) is 0 Å². The molecule has 4 bridgehead atoms. The highest BCUT2D eigenvalue weighted by molar-refractivity contribution is 5.77. The Morgan fingerprint density at radius 2 is 1.56 bits per heavy atom. The van der Waals surface area contributed by atoms with E-state index in [0.717, 1.165) is 24.3 Å². The molecule has 1 N–H and O–H groups in total. The van der Waals surface area contributed by atoms with Crippen LogP contribution in [0.5, 0.6) is 0 Å². The zero-order chi connectivity index (χ0) is 10.9. The summed E-state index contributed by atoms with van der Waals surface area (Å²) in [5, 5.41) is 9.08. The Kier molecular flexibility index (Phi) is 1.66. The standard InChI is InChI=1S/C13H19NO2/c15-12(16)11-7-14(11)13-4-8-1-9(5-13)3-10(2-8)6-13/h8-11H,1-7H2,(H,15,16). The Hall–Kier alpha value is -0.570. The Bertz CT molecular complexity index is 317. The lowest BCUT2D eigenvalue weighted by Gasteiger charge is -2.57. The molecule has 0 aromatic heterocycles. The molecular weight excluding hydrogens is 202 g/mol. The number of rotatable bonds is 2. The van der Waals surface area contributed by atoms with Crippen molar-refractivity contribution >= 4 is 5.97 Å². The number of hydrogen-bond acceptors (Lipinski definition) is 2. The second-order valence-corrected chi connectivity index (χ2v) is 6.65. The van der Waals surface area contributed by atoms with Gasteiger partial charge in [-0.3, -0.25) is 9.69 Å². The van der Waals surface area contributed by atoms with E-state index < -0.39 is 5.97 Å². The Balaban J connectivity index is 1.61. The Morgan fingerprint density at radius 3 is 1.94 bits per heavy atom. The second kappa shape index (κ2) is 2.81. The molecule has 0 radical (unpaired) electrons. The van der Waals surface area contributed by atoms with Crippen LogP contribution in [0, 0.1) is 17.8 Å². The molecule has 2 unspecified atom stereocenters. The monoisotopic (exact) mass is 221 g/mol. The second-order valence-electron chi connectivity index (χ2n) is 6.65. The topological polar surface area (TPSA) is 40.3 Å². The first-order valence-electron chi connectivity index (χ1n) is 6.66. The van der Waals surface area contributed by atoms with Crippen molar-refractivity contribution in [1.82, 2.24) is 4.90 Å². The van der Waals surface area contributed by atoms with Gasteiger partial charge < -0.3 is 5.11 Å². The molecular formula is C13H19NO2. The van der Waals surface area contributed by atoms with E-state index in [0.29, 0.717) is 5.54 Å². The quantitative estimate of drug-likeness (QED) is 0.722. The molecule has 1 aliphatic heterocycles. The van der Waals surface area contributed by atoms with Gasteiger partial charge in [-0.1, -0.05) is 0 Å². The Labute approximate surface area is 95.8 Å². The van der Waals surface area contributed by atoms with E-state index >= 15 is 0 Å². The van der Waals surface area contributed by atoms with Crippen LogP contribution < -0.4 is 0 Å². The van der Waals surface area contributed by atoms with E-state index in [1.165, 1.54) is 38.5 Å². The lowest BCUT2D eigenvalue weighted by atomic mass is 9.53. The van der Waals surface area contributed by atoms with Crippen molar-refractivity contribution in [2.45, 2.75) is 50.1 Å². The van der Waals surface area contributed by atoms with Gasteiger partial charge in [-0.25, -0.2) is 0 Å². The van der Waals surface area contributed by atoms with Gasteiger partial charge >= 0.3 is 5.97 Å². The highest BCUT2D eigenvalue weighted by Gasteiger charge is 2.60. The van der Waals surface area contributed by atoms with Crippen molar-refractivity contribution in [3.05, 3.63) is 0 Å². The summed E-state index contributed by atoms with van der Waals surface area (Å²) in [6.45, 7) is 0.821. The summed E-state index contributed by atoms with van der Waals surface area (Å²) in [6, 6.07) is -0.142. The maximum absolute atomic E-state index is 11.0. The molecule has 0 spiro atoms. The van der Waals surface area contributed by atoms with Crippen molar-refractivity contribution in [1.29, 1.82) is 0 Å². The first-order valence-corrected chi connectivity index (χ1v) is 6.66. The number of carboxylic acid groups (broad SMARTS) is 1. The maximum atomic E-state index is 11.0. The summed E-state index contributed by atoms with van der Waals surface area (Å²) in [5.74, 6) is 2.15. The summed E-state index contributed by atoms with van der Waals surface area (Å²) >= 11 is 0. The molecule has 88 valence electrons. The summed E-state index contributed by atoms with van der Waals surface area (Å²) in [5.41, 5.74) is 0.317. The van der Waals surface area contributed by atoms with Crippen LogP contribution in [-0.2, 0) is 4.79 Å². The smallest absolute Gasteiger partial charge is 0.322 e. The van der Waals surface area contributed by atoms with Crippen LogP contribution in [0.3, 0.4) is 0 Å². The van der Waals surface area contributed by atoms with Crippen molar-refractivity contribution in [2.24, 2.45) is 17.8 Å². The van der Waals surface area contributed by atoms with Gasteiger partial charge in [0.2, 0.25) is 0 Å². The fourth-order valence-corrected chi connectivity index (χ4v) is 5.29. The van der Waals surface area contributed by atoms with E-state index in [9.17, 15) is 4.79 Å². The van der Waals surface area contributed by atoms with Crippen LogP contribution >= 0.6 is 0 Å². The summed E-state index contributed by atoms with van der Waals surface area (Å²) in [4.78, 5) is 13.3. The molecule has 0 amide bonds. The van der Waals surface area contributed by atoms with Crippen LogP contribution in [0.1, 0.15) is 38.5 Å². The van der Waals surface area contributed by atoms with Crippen LogP contribution in [0.15, 0.2) is 0 Å². The number of carboxylic acids is 1. The molecule has 1 saturated heterocycles. The molecule has 5 aliphatic rings. The van der Waals surface area contributed by atoms with Gasteiger partial charge in [-0.15, -0.1) is 0 Å². The van der Waals surface area contributed by atoms with Gasteiger partial charge in [0.25, 0.3) is 0 Å².